The highest BCUT2D eigenvalue weighted by Crippen LogP contribution is 2.17. The molecule has 0 bridgehead atoms. The van der Waals surface area contributed by atoms with Crippen LogP contribution in [0.3, 0.4) is 0 Å². The second-order valence-electron chi connectivity index (χ2n) is 5.34. The molecule has 1 aromatic carbocycles. The molecule has 1 N–H and O–H groups in total. The van der Waals surface area contributed by atoms with Crippen LogP contribution >= 0.6 is 0 Å². The van der Waals surface area contributed by atoms with E-state index in [2.05, 4.69) is 74.1 Å². The number of hydrogen-bond acceptors (Lipinski definition) is 1. The van der Waals surface area contributed by atoms with Gasteiger partial charge < -0.3 is 9.88 Å². The van der Waals surface area contributed by atoms with Gasteiger partial charge in [-0.15, -0.1) is 0 Å². The van der Waals surface area contributed by atoms with Crippen LogP contribution in [0.25, 0.3) is 0 Å². The Kier molecular flexibility index (Phi) is 4.43. The van der Waals surface area contributed by atoms with Gasteiger partial charge in [0.25, 0.3) is 0 Å². The zero-order valence-electron chi connectivity index (χ0n) is 12.4. The molecule has 2 rings (SSSR count). The standard InChI is InChI=1S/C17H24N2/c1-5-18-15(4)17-7-6-8-19(17)12-16-10-13(2)9-14(3)11-16/h6-11,15,18H,5,12H2,1-4H3. The van der Waals surface area contributed by atoms with E-state index in [1.165, 1.54) is 22.4 Å². The Bertz CT molecular complexity index is 520. The molecule has 0 amide bonds. The van der Waals surface area contributed by atoms with Crippen molar-refractivity contribution in [3.05, 3.63) is 58.9 Å². The second-order valence-corrected chi connectivity index (χ2v) is 5.34. The van der Waals surface area contributed by atoms with Crippen LogP contribution in [0.2, 0.25) is 0 Å². The van der Waals surface area contributed by atoms with Crippen molar-refractivity contribution < 1.29 is 0 Å². The molecule has 0 fully saturated rings. The maximum absolute atomic E-state index is 3.48. The van der Waals surface area contributed by atoms with Gasteiger partial charge in [-0.2, -0.15) is 0 Å². The SMILES string of the molecule is CCNC(C)c1cccn1Cc1cc(C)cc(C)c1. The molecule has 0 saturated heterocycles. The summed E-state index contributed by atoms with van der Waals surface area (Å²) in [6, 6.07) is 11.5. The summed E-state index contributed by atoms with van der Waals surface area (Å²) in [4.78, 5) is 0. The lowest BCUT2D eigenvalue weighted by Crippen LogP contribution is -2.20. The summed E-state index contributed by atoms with van der Waals surface area (Å²) in [5.74, 6) is 0. The number of rotatable bonds is 5. The fourth-order valence-electron chi connectivity index (χ4n) is 2.73. The minimum absolute atomic E-state index is 0.394. The molecule has 0 radical (unpaired) electrons. The van der Waals surface area contributed by atoms with E-state index in [-0.39, 0.29) is 0 Å². The van der Waals surface area contributed by atoms with Gasteiger partial charge >= 0.3 is 0 Å². The first-order valence-corrected chi connectivity index (χ1v) is 7.05. The average Bonchev–Trinajstić information content (AvgIpc) is 2.76. The Morgan fingerprint density at radius 2 is 1.84 bits per heavy atom. The summed E-state index contributed by atoms with van der Waals surface area (Å²) in [7, 11) is 0. The molecule has 102 valence electrons. The van der Waals surface area contributed by atoms with E-state index in [0.29, 0.717) is 6.04 Å². The lowest BCUT2D eigenvalue weighted by atomic mass is 10.1. The third kappa shape index (κ3) is 3.48. The van der Waals surface area contributed by atoms with Crippen LogP contribution in [0.15, 0.2) is 36.5 Å². The Labute approximate surface area is 116 Å². The summed E-state index contributed by atoms with van der Waals surface area (Å²) in [6.07, 6.45) is 2.17. The number of nitrogens with zero attached hydrogens (tertiary/aromatic N) is 1. The number of aryl methyl sites for hydroxylation is 2. The van der Waals surface area contributed by atoms with Gasteiger partial charge in [0.05, 0.1) is 0 Å². The highest BCUT2D eigenvalue weighted by atomic mass is 15.0. The summed E-state index contributed by atoms with van der Waals surface area (Å²) < 4.78 is 2.33. The molecule has 0 saturated carbocycles. The lowest BCUT2D eigenvalue weighted by Gasteiger charge is -2.17. The molecule has 2 heteroatoms. The van der Waals surface area contributed by atoms with Gasteiger partial charge in [-0.25, -0.2) is 0 Å². The molecule has 2 aromatic rings. The Morgan fingerprint density at radius 3 is 2.47 bits per heavy atom. The highest BCUT2D eigenvalue weighted by molar-refractivity contribution is 5.29. The number of hydrogen-bond donors (Lipinski definition) is 1. The third-order valence-corrected chi connectivity index (χ3v) is 3.45. The van der Waals surface area contributed by atoms with Crippen molar-refractivity contribution in [1.82, 2.24) is 9.88 Å². The highest BCUT2D eigenvalue weighted by Gasteiger charge is 2.09. The fourth-order valence-corrected chi connectivity index (χ4v) is 2.73. The minimum atomic E-state index is 0.394. The van der Waals surface area contributed by atoms with E-state index in [9.17, 15) is 0 Å². The summed E-state index contributed by atoms with van der Waals surface area (Å²) >= 11 is 0. The maximum atomic E-state index is 3.48. The molecular formula is C17H24N2. The number of nitrogens with one attached hydrogen (secondary N) is 1. The fraction of sp³-hybridized carbons (Fsp3) is 0.412. The van der Waals surface area contributed by atoms with Crippen molar-refractivity contribution in [3.63, 3.8) is 0 Å². The van der Waals surface area contributed by atoms with Gasteiger partial charge in [0.15, 0.2) is 0 Å². The predicted molar refractivity (Wildman–Crippen MR) is 81.5 cm³/mol. The second kappa shape index (κ2) is 6.07. The molecule has 0 spiro atoms. The van der Waals surface area contributed by atoms with Gasteiger partial charge in [0.2, 0.25) is 0 Å². The van der Waals surface area contributed by atoms with Crippen molar-refractivity contribution in [2.45, 2.75) is 40.3 Å². The molecule has 1 unspecified atom stereocenters. The van der Waals surface area contributed by atoms with E-state index in [1.807, 2.05) is 0 Å². The minimum Gasteiger partial charge on any atom is -0.346 e. The molecule has 2 nitrogen and oxygen atoms in total. The van der Waals surface area contributed by atoms with Crippen LogP contribution < -0.4 is 5.32 Å². The Balaban J connectivity index is 2.21. The zero-order chi connectivity index (χ0) is 13.8. The van der Waals surface area contributed by atoms with Crippen molar-refractivity contribution >= 4 is 0 Å². The van der Waals surface area contributed by atoms with Crippen molar-refractivity contribution in [3.8, 4) is 0 Å². The largest absolute Gasteiger partial charge is 0.346 e. The number of benzene rings is 1. The van der Waals surface area contributed by atoms with E-state index < -0.39 is 0 Å². The van der Waals surface area contributed by atoms with Crippen LogP contribution in [-0.2, 0) is 6.54 Å². The van der Waals surface area contributed by atoms with Crippen molar-refractivity contribution in [2.24, 2.45) is 0 Å². The molecule has 0 aliphatic rings. The summed E-state index contributed by atoms with van der Waals surface area (Å²) in [6.45, 7) is 10.6. The monoisotopic (exact) mass is 256 g/mol. The summed E-state index contributed by atoms with van der Waals surface area (Å²) in [5.41, 5.74) is 5.39. The molecule has 1 heterocycles. The summed E-state index contributed by atoms with van der Waals surface area (Å²) in [5, 5.41) is 3.48. The average molecular weight is 256 g/mol. The van der Waals surface area contributed by atoms with Crippen LogP contribution in [0, 0.1) is 13.8 Å². The first-order chi connectivity index (χ1) is 9.10. The molecule has 1 atom stereocenters. The normalized spacial score (nSPS) is 12.6. The zero-order valence-corrected chi connectivity index (χ0v) is 12.4. The van der Waals surface area contributed by atoms with Crippen molar-refractivity contribution in [1.29, 1.82) is 0 Å². The lowest BCUT2D eigenvalue weighted by molar-refractivity contribution is 0.553. The number of aromatic nitrogens is 1. The van der Waals surface area contributed by atoms with Crippen molar-refractivity contribution in [2.75, 3.05) is 6.54 Å². The first-order valence-electron chi connectivity index (χ1n) is 7.05. The smallest absolute Gasteiger partial charge is 0.0473 e. The van der Waals surface area contributed by atoms with E-state index >= 15 is 0 Å². The van der Waals surface area contributed by atoms with Gasteiger partial charge in [0.1, 0.15) is 0 Å². The van der Waals surface area contributed by atoms with Gasteiger partial charge in [-0.1, -0.05) is 36.2 Å². The molecule has 19 heavy (non-hydrogen) atoms. The van der Waals surface area contributed by atoms with E-state index in [1.54, 1.807) is 0 Å². The quantitative estimate of drug-likeness (QED) is 0.860. The van der Waals surface area contributed by atoms with E-state index in [4.69, 9.17) is 0 Å². The van der Waals surface area contributed by atoms with Gasteiger partial charge in [-0.3, -0.25) is 0 Å². The molecule has 1 aromatic heterocycles. The third-order valence-electron chi connectivity index (χ3n) is 3.45. The van der Waals surface area contributed by atoms with Gasteiger partial charge in [-0.05, 0) is 45.0 Å². The predicted octanol–water partition coefficient (Wildman–Crippen LogP) is 3.82. The first kappa shape index (κ1) is 13.9. The van der Waals surface area contributed by atoms with Gasteiger partial charge in [0, 0.05) is 24.5 Å². The van der Waals surface area contributed by atoms with Crippen LogP contribution in [0.4, 0.5) is 0 Å². The molecule has 0 aliphatic heterocycles. The maximum Gasteiger partial charge on any atom is 0.0473 e. The molecular weight excluding hydrogens is 232 g/mol. The van der Waals surface area contributed by atoms with Crippen LogP contribution in [0.5, 0.6) is 0 Å². The topological polar surface area (TPSA) is 17.0 Å². The van der Waals surface area contributed by atoms with Crippen LogP contribution in [-0.4, -0.2) is 11.1 Å². The Hall–Kier alpha value is -1.54. The van der Waals surface area contributed by atoms with E-state index in [0.717, 1.165) is 13.1 Å². The van der Waals surface area contributed by atoms with Crippen LogP contribution in [0.1, 0.15) is 42.3 Å². The molecule has 0 aliphatic carbocycles. The Morgan fingerprint density at radius 1 is 1.16 bits per heavy atom.